The average Bonchev–Trinajstić information content (AvgIpc) is 3.28. The van der Waals surface area contributed by atoms with Crippen molar-refractivity contribution in [3.05, 3.63) is 181 Å². The van der Waals surface area contributed by atoms with Crippen molar-refractivity contribution in [3.8, 4) is 45.3 Å². The highest BCUT2D eigenvalue weighted by molar-refractivity contribution is 7.70. The van der Waals surface area contributed by atoms with Gasteiger partial charge in [0.15, 0.2) is 17.5 Å². The van der Waals surface area contributed by atoms with Crippen LogP contribution in [0.4, 0.5) is 0 Å². The molecule has 1 aliphatic rings. The molecular formula is C53H44N3OP. The van der Waals surface area contributed by atoms with Crippen LogP contribution in [0, 0.1) is 0 Å². The smallest absolute Gasteiger partial charge is 0.165 e. The quantitative estimate of drug-likeness (QED) is 0.120. The van der Waals surface area contributed by atoms with E-state index >= 15 is 0 Å². The van der Waals surface area contributed by atoms with Crippen LogP contribution in [0.25, 0.3) is 77.6 Å². The van der Waals surface area contributed by atoms with Gasteiger partial charge in [-0.2, -0.15) is 0 Å². The van der Waals surface area contributed by atoms with Crippen molar-refractivity contribution in [1.29, 1.82) is 0 Å². The molecule has 0 atom stereocenters. The van der Waals surface area contributed by atoms with E-state index in [2.05, 4.69) is 146 Å². The number of rotatable bonds is 7. The zero-order valence-electron chi connectivity index (χ0n) is 32.9. The van der Waals surface area contributed by atoms with Gasteiger partial charge in [0.25, 0.3) is 0 Å². The fraction of sp³-hybridized carbons (Fsp3) is 0.151. The van der Waals surface area contributed by atoms with E-state index in [1.54, 1.807) is 0 Å². The van der Waals surface area contributed by atoms with Gasteiger partial charge in [0.2, 0.25) is 0 Å². The maximum atomic E-state index is 13.2. The first-order valence-electron chi connectivity index (χ1n) is 20.4. The van der Waals surface area contributed by atoms with Gasteiger partial charge in [-0.05, 0) is 86.8 Å². The number of hydrogen-bond acceptors (Lipinski definition) is 4. The van der Waals surface area contributed by atoms with Crippen LogP contribution < -0.4 is 5.30 Å². The van der Waals surface area contributed by atoms with Gasteiger partial charge in [-0.1, -0.05) is 183 Å². The van der Waals surface area contributed by atoms with E-state index < -0.39 is 7.14 Å². The molecule has 9 aromatic rings. The monoisotopic (exact) mass is 769 g/mol. The van der Waals surface area contributed by atoms with Crippen LogP contribution >= 0.6 is 7.14 Å². The Hall–Kier alpha value is -6.22. The fourth-order valence-electron chi connectivity index (χ4n) is 9.40. The summed E-state index contributed by atoms with van der Waals surface area (Å²) in [6, 6.07) is 60.4. The Morgan fingerprint density at radius 2 is 0.931 bits per heavy atom. The van der Waals surface area contributed by atoms with Crippen LogP contribution in [0.5, 0.6) is 0 Å². The minimum atomic E-state index is -2.43. The summed E-state index contributed by atoms with van der Waals surface area (Å²) >= 11 is 0. The summed E-state index contributed by atoms with van der Waals surface area (Å²) in [6.07, 6.45) is 5.86. The molecule has 1 fully saturated rings. The lowest BCUT2D eigenvalue weighted by Crippen LogP contribution is -2.30. The molecule has 0 bridgehead atoms. The SMILES string of the molecule is CP(C)(=O)c1ccc(-c2ccc(C3(c4ccc(-c5nc(-c6ccccc6)nc(-c6c7ccccc7cc7ccccc67)n5)cc4)CCCCC3)cc2)c2ccccc12. The molecular weight excluding hydrogens is 726 g/mol. The topological polar surface area (TPSA) is 55.7 Å². The Labute approximate surface area is 340 Å². The van der Waals surface area contributed by atoms with Crippen LogP contribution in [0.1, 0.15) is 43.2 Å². The Bertz CT molecular complexity index is 2960. The minimum Gasteiger partial charge on any atom is -0.319 e. The van der Waals surface area contributed by atoms with Crippen molar-refractivity contribution >= 4 is 44.8 Å². The van der Waals surface area contributed by atoms with Crippen molar-refractivity contribution in [2.24, 2.45) is 0 Å². The second-order valence-electron chi connectivity index (χ2n) is 16.2. The molecule has 10 rings (SSSR count). The molecule has 0 saturated heterocycles. The van der Waals surface area contributed by atoms with E-state index in [0.29, 0.717) is 17.5 Å². The van der Waals surface area contributed by atoms with Crippen LogP contribution in [-0.2, 0) is 9.98 Å². The lowest BCUT2D eigenvalue weighted by molar-refractivity contribution is 0.346. The molecule has 0 spiro atoms. The average molecular weight is 770 g/mol. The van der Waals surface area contributed by atoms with Crippen molar-refractivity contribution in [1.82, 2.24) is 15.0 Å². The Balaban J connectivity index is 1.06. The number of benzene rings is 8. The summed E-state index contributed by atoms with van der Waals surface area (Å²) in [5.41, 5.74) is 7.89. The van der Waals surface area contributed by atoms with Crippen molar-refractivity contribution in [2.45, 2.75) is 37.5 Å². The summed E-state index contributed by atoms with van der Waals surface area (Å²) in [6.45, 7) is 3.72. The molecule has 0 radical (unpaired) electrons. The highest BCUT2D eigenvalue weighted by atomic mass is 31.2. The molecule has 0 amide bonds. The van der Waals surface area contributed by atoms with Crippen LogP contribution in [0.2, 0.25) is 0 Å². The third-order valence-corrected chi connectivity index (χ3v) is 13.8. The van der Waals surface area contributed by atoms with Crippen molar-refractivity contribution < 1.29 is 4.57 Å². The second-order valence-corrected chi connectivity index (χ2v) is 19.4. The number of hydrogen-bond donors (Lipinski definition) is 0. The van der Waals surface area contributed by atoms with Gasteiger partial charge in [-0.3, -0.25) is 0 Å². The Morgan fingerprint density at radius 3 is 1.52 bits per heavy atom. The summed E-state index contributed by atoms with van der Waals surface area (Å²) in [5, 5.41) is 7.72. The first-order valence-corrected chi connectivity index (χ1v) is 23.0. The van der Waals surface area contributed by atoms with E-state index in [1.807, 2.05) is 37.6 Å². The number of nitrogens with zero attached hydrogens (tertiary/aromatic N) is 3. The molecule has 282 valence electrons. The van der Waals surface area contributed by atoms with Gasteiger partial charge in [0, 0.05) is 27.4 Å². The van der Waals surface area contributed by atoms with Gasteiger partial charge < -0.3 is 4.57 Å². The summed E-state index contributed by atoms with van der Waals surface area (Å²) in [7, 11) is -2.43. The van der Waals surface area contributed by atoms with Crippen LogP contribution in [0.3, 0.4) is 0 Å². The van der Waals surface area contributed by atoms with E-state index in [0.717, 1.165) is 67.2 Å². The van der Waals surface area contributed by atoms with Crippen molar-refractivity contribution in [2.75, 3.05) is 13.3 Å². The molecule has 8 aromatic carbocycles. The molecule has 58 heavy (non-hydrogen) atoms. The third-order valence-electron chi connectivity index (χ3n) is 12.3. The maximum Gasteiger partial charge on any atom is 0.165 e. The zero-order chi connectivity index (χ0) is 39.3. The van der Waals surface area contributed by atoms with Gasteiger partial charge in [-0.25, -0.2) is 15.0 Å². The molecule has 4 nitrogen and oxygen atoms in total. The molecule has 5 heteroatoms. The third kappa shape index (κ3) is 6.42. The van der Waals surface area contributed by atoms with E-state index in [4.69, 9.17) is 15.0 Å². The van der Waals surface area contributed by atoms with Gasteiger partial charge in [0.05, 0.1) is 0 Å². The molecule has 1 saturated carbocycles. The van der Waals surface area contributed by atoms with Crippen molar-refractivity contribution in [3.63, 3.8) is 0 Å². The normalized spacial score (nSPS) is 14.2. The predicted octanol–water partition coefficient (Wildman–Crippen LogP) is 13.5. The summed E-state index contributed by atoms with van der Waals surface area (Å²) in [5.74, 6) is 1.99. The van der Waals surface area contributed by atoms with Crippen LogP contribution in [-0.4, -0.2) is 28.3 Å². The Kier molecular flexibility index (Phi) is 9.11. The fourth-order valence-corrected chi connectivity index (χ4v) is 10.6. The lowest BCUT2D eigenvalue weighted by Gasteiger charge is -2.39. The van der Waals surface area contributed by atoms with E-state index in [9.17, 15) is 4.57 Å². The molecule has 0 unspecified atom stereocenters. The second kappa shape index (κ2) is 14.6. The van der Waals surface area contributed by atoms with Gasteiger partial charge in [-0.15, -0.1) is 0 Å². The molecule has 1 heterocycles. The summed E-state index contributed by atoms with van der Waals surface area (Å²) < 4.78 is 13.2. The Morgan fingerprint density at radius 1 is 0.448 bits per heavy atom. The maximum absolute atomic E-state index is 13.2. The zero-order valence-corrected chi connectivity index (χ0v) is 33.8. The largest absolute Gasteiger partial charge is 0.319 e. The first kappa shape index (κ1) is 36.1. The highest BCUT2D eigenvalue weighted by Crippen LogP contribution is 2.46. The van der Waals surface area contributed by atoms with Gasteiger partial charge in [0.1, 0.15) is 7.14 Å². The predicted molar refractivity (Wildman–Crippen MR) is 243 cm³/mol. The molecule has 1 aliphatic carbocycles. The van der Waals surface area contributed by atoms with E-state index in [-0.39, 0.29) is 5.41 Å². The number of aromatic nitrogens is 3. The molecule has 0 aliphatic heterocycles. The first-order chi connectivity index (χ1) is 28.4. The minimum absolute atomic E-state index is 0.0837. The molecule has 0 N–H and O–H groups in total. The van der Waals surface area contributed by atoms with Gasteiger partial charge >= 0.3 is 0 Å². The van der Waals surface area contributed by atoms with Crippen LogP contribution in [0.15, 0.2) is 170 Å². The van der Waals surface area contributed by atoms with E-state index in [1.165, 1.54) is 41.5 Å². The lowest BCUT2D eigenvalue weighted by atomic mass is 9.65. The molecule has 1 aromatic heterocycles. The number of fused-ring (bicyclic) bond motifs is 3. The summed E-state index contributed by atoms with van der Waals surface area (Å²) in [4.78, 5) is 15.5. The standard InChI is InChI=1S/C53H44N3OP/c1-58(2,57)48-32-31-43(46-21-11-12-22-47(46)48)36-23-27-41(28-24-36)53(33-13-4-14-34-53)42-29-25-38(26-30-42)51-54-50(37-15-5-3-6-16-37)55-52(56-51)49-44-19-9-7-17-39(44)35-40-18-8-10-20-45(40)49/h3,5-12,15-32,35H,4,13-14,33-34H2,1-2H3. The highest BCUT2D eigenvalue weighted by Gasteiger charge is 2.36.